The summed E-state index contributed by atoms with van der Waals surface area (Å²) >= 11 is 0. The van der Waals surface area contributed by atoms with Gasteiger partial charge in [0.1, 0.15) is 0 Å². The number of hydrogen-bond acceptors (Lipinski definition) is 4. The average molecular weight is 243 g/mol. The molecule has 4 nitrogen and oxygen atoms in total. The minimum atomic E-state index is -2.50. The van der Waals surface area contributed by atoms with E-state index in [4.69, 9.17) is 4.74 Å². The first-order chi connectivity index (χ1) is 8.06. The fourth-order valence-electron chi connectivity index (χ4n) is 1.73. The van der Waals surface area contributed by atoms with E-state index >= 15 is 0 Å². The minimum absolute atomic E-state index is 0.0367. The molecule has 0 fully saturated rings. The highest BCUT2D eigenvalue weighted by Gasteiger charge is 2.23. The van der Waals surface area contributed by atoms with Gasteiger partial charge in [0, 0.05) is 30.9 Å². The highest BCUT2D eigenvalue weighted by Crippen LogP contribution is 2.23. The highest BCUT2D eigenvalue weighted by molar-refractivity contribution is 5.23. The fraction of sp³-hybridized carbons (Fsp3) is 0.636. The summed E-state index contributed by atoms with van der Waals surface area (Å²) < 4.78 is 28.7. The Morgan fingerprint density at radius 1 is 1.41 bits per heavy atom. The lowest BCUT2D eigenvalue weighted by Crippen LogP contribution is -2.24. The first-order valence-corrected chi connectivity index (χ1v) is 5.56. The number of fused-ring (bicyclic) bond motifs is 1. The smallest absolute Gasteiger partial charge is 0.316 e. The van der Waals surface area contributed by atoms with E-state index in [2.05, 4.69) is 28.7 Å². The van der Waals surface area contributed by atoms with Crippen LogP contribution in [-0.2, 0) is 13.1 Å². The second kappa shape index (κ2) is 4.91. The Balaban J connectivity index is 2.05. The molecule has 0 saturated heterocycles. The van der Waals surface area contributed by atoms with E-state index in [1.54, 1.807) is 6.20 Å². The molecule has 0 N–H and O–H groups in total. The van der Waals surface area contributed by atoms with Crippen molar-refractivity contribution in [2.45, 2.75) is 39.4 Å². The third-order valence-electron chi connectivity index (χ3n) is 2.73. The molecule has 2 rings (SSSR count). The SMILES string of the molecule is CC(C)N1Cc2cnc(OCC(F)F)nc2C1. The van der Waals surface area contributed by atoms with Crippen LogP contribution in [-0.4, -0.2) is 33.9 Å². The molecular formula is C11H15F2N3O. The molecule has 0 unspecified atom stereocenters. The van der Waals surface area contributed by atoms with Crippen molar-refractivity contribution in [3.63, 3.8) is 0 Å². The molecule has 94 valence electrons. The Kier molecular flexibility index (Phi) is 3.51. The molecule has 0 radical (unpaired) electrons. The summed E-state index contributed by atoms with van der Waals surface area (Å²) in [6.45, 7) is 5.08. The molecule has 17 heavy (non-hydrogen) atoms. The topological polar surface area (TPSA) is 38.2 Å². The predicted molar refractivity (Wildman–Crippen MR) is 57.9 cm³/mol. The van der Waals surface area contributed by atoms with Crippen molar-refractivity contribution in [1.82, 2.24) is 14.9 Å². The van der Waals surface area contributed by atoms with Gasteiger partial charge in [-0.05, 0) is 13.8 Å². The normalized spacial score (nSPS) is 15.6. The van der Waals surface area contributed by atoms with Crippen LogP contribution in [0.4, 0.5) is 8.78 Å². The van der Waals surface area contributed by atoms with Crippen LogP contribution in [0, 0.1) is 0 Å². The van der Waals surface area contributed by atoms with Crippen LogP contribution >= 0.6 is 0 Å². The van der Waals surface area contributed by atoms with Crippen molar-refractivity contribution in [3.8, 4) is 6.01 Å². The quantitative estimate of drug-likeness (QED) is 0.808. The fourth-order valence-corrected chi connectivity index (χ4v) is 1.73. The standard InChI is InChI=1S/C11H15F2N3O/c1-7(2)16-4-8-3-14-11(15-9(8)5-16)17-6-10(12)13/h3,7,10H,4-6H2,1-2H3. The van der Waals surface area contributed by atoms with Crippen LogP contribution in [0.1, 0.15) is 25.1 Å². The third-order valence-corrected chi connectivity index (χ3v) is 2.73. The van der Waals surface area contributed by atoms with Gasteiger partial charge in [-0.15, -0.1) is 0 Å². The van der Waals surface area contributed by atoms with E-state index in [1.807, 2.05) is 0 Å². The monoisotopic (exact) mass is 243 g/mol. The Labute approximate surface area is 98.6 Å². The number of rotatable bonds is 4. The third kappa shape index (κ3) is 2.88. The van der Waals surface area contributed by atoms with E-state index in [1.165, 1.54) is 0 Å². The number of hydrogen-bond donors (Lipinski definition) is 0. The Hall–Kier alpha value is -1.30. The molecule has 0 saturated carbocycles. The van der Waals surface area contributed by atoms with E-state index in [0.29, 0.717) is 6.04 Å². The van der Waals surface area contributed by atoms with E-state index in [0.717, 1.165) is 24.3 Å². The van der Waals surface area contributed by atoms with Crippen molar-refractivity contribution in [3.05, 3.63) is 17.5 Å². The first kappa shape index (κ1) is 12.2. The van der Waals surface area contributed by atoms with Gasteiger partial charge in [0.2, 0.25) is 0 Å². The van der Waals surface area contributed by atoms with Gasteiger partial charge in [0.25, 0.3) is 6.43 Å². The summed E-state index contributed by atoms with van der Waals surface area (Å²) in [5.41, 5.74) is 1.92. The van der Waals surface area contributed by atoms with Gasteiger partial charge in [0.05, 0.1) is 5.69 Å². The molecule has 1 aliphatic heterocycles. The molecule has 1 aromatic heterocycles. The van der Waals surface area contributed by atoms with Crippen molar-refractivity contribution >= 4 is 0 Å². The summed E-state index contributed by atoms with van der Waals surface area (Å²) in [6.07, 6.45) is -0.843. The molecular weight excluding hydrogens is 228 g/mol. The number of ether oxygens (including phenoxy) is 1. The maximum atomic E-state index is 12.0. The van der Waals surface area contributed by atoms with Gasteiger partial charge >= 0.3 is 6.01 Å². The molecule has 0 aliphatic carbocycles. The number of alkyl halides is 2. The van der Waals surface area contributed by atoms with Crippen molar-refractivity contribution in [1.29, 1.82) is 0 Å². The summed E-state index contributed by atoms with van der Waals surface area (Å²) in [4.78, 5) is 10.3. The van der Waals surface area contributed by atoms with Crippen LogP contribution in [0.5, 0.6) is 6.01 Å². The van der Waals surface area contributed by atoms with Crippen LogP contribution in [0.15, 0.2) is 6.20 Å². The zero-order chi connectivity index (χ0) is 12.4. The number of aromatic nitrogens is 2. The lowest BCUT2D eigenvalue weighted by atomic mass is 10.3. The second-order valence-corrected chi connectivity index (χ2v) is 4.33. The van der Waals surface area contributed by atoms with Crippen LogP contribution in [0.2, 0.25) is 0 Å². The van der Waals surface area contributed by atoms with Crippen LogP contribution in [0.3, 0.4) is 0 Å². The molecule has 0 amide bonds. The van der Waals surface area contributed by atoms with Gasteiger partial charge in [-0.25, -0.2) is 13.8 Å². The lowest BCUT2D eigenvalue weighted by molar-refractivity contribution is 0.0768. The summed E-state index contributed by atoms with van der Waals surface area (Å²) in [6, 6.07) is 0.462. The van der Waals surface area contributed by atoms with Gasteiger partial charge in [-0.3, -0.25) is 4.90 Å². The molecule has 0 spiro atoms. The first-order valence-electron chi connectivity index (χ1n) is 5.56. The van der Waals surface area contributed by atoms with Crippen molar-refractivity contribution < 1.29 is 13.5 Å². The summed E-state index contributed by atoms with van der Waals surface area (Å²) in [5.74, 6) is 0. The molecule has 6 heteroatoms. The van der Waals surface area contributed by atoms with E-state index < -0.39 is 13.0 Å². The zero-order valence-electron chi connectivity index (χ0n) is 9.86. The zero-order valence-corrected chi connectivity index (χ0v) is 9.86. The van der Waals surface area contributed by atoms with E-state index in [-0.39, 0.29) is 6.01 Å². The minimum Gasteiger partial charge on any atom is -0.457 e. The molecule has 1 aromatic rings. The van der Waals surface area contributed by atoms with E-state index in [9.17, 15) is 8.78 Å². The van der Waals surface area contributed by atoms with Crippen LogP contribution < -0.4 is 4.74 Å². The maximum absolute atomic E-state index is 12.0. The van der Waals surface area contributed by atoms with Gasteiger partial charge in [-0.1, -0.05) is 0 Å². The highest BCUT2D eigenvalue weighted by atomic mass is 19.3. The van der Waals surface area contributed by atoms with Gasteiger partial charge in [0.15, 0.2) is 6.61 Å². The molecule has 0 atom stereocenters. The second-order valence-electron chi connectivity index (χ2n) is 4.33. The Morgan fingerprint density at radius 3 is 2.82 bits per heavy atom. The van der Waals surface area contributed by atoms with Gasteiger partial charge in [-0.2, -0.15) is 4.98 Å². The number of halogens is 2. The maximum Gasteiger partial charge on any atom is 0.316 e. The van der Waals surface area contributed by atoms with Crippen molar-refractivity contribution in [2.75, 3.05) is 6.61 Å². The Bertz CT molecular complexity index is 398. The van der Waals surface area contributed by atoms with Gasteiger partial charge < -0.3 is 4.74 Å². The Morgan fingerprint density at radius 2 is 2.18 bits per heavy atom. The van der Waals surface area contributed by atoms with Crippen LogP contribution in [0.25, 0.3) is 0 Å². The lowest BCUT2D eigenvalue weighted by Gasteiger charge is -2.18. The summed E-state index contributed by atoms with van der Waals surface area (Å²) in [5, 5.41) is 0. The predicted octanol–water partition coefficient (Wildman–Crippen LogP) is 1.84. The number of nitrogens with zero attached hydrogens (tertiary/aromatic N) is 3. The molecule has 0 bridgehead atoms. The molecule has 0 aromatic carbocycles. The molecule has 2 heterocycles. The largest absolute Gasteiger partial charge is 0.457 e. The average Bonchev–Trinajstić information content (AvgIpc) is 2.69. The van der Waals surface area contributed by atoms with Crippen molar-refractivity contribution in [2.24, 2.45) is 0 Å². The molecule has 1 aliphatic rings. The summed E-state index contributed by atoms with van der Waals surface area (Å²) in [7, 11) is 0.